The predicted molar refractivity (Wildman–Crippen MR) is 97.2 cm³/mol. The number of ketones is 1. The topological polar surface area (TPSA) is 55.1 Å². The second-order valence-electron chi connectivity index (χ2n) is 5.74. The normalized spacial score (nSPS) is 12.7. The van der Waals surface area contributed by atoms with Gasteiger partial charge in [-0.25, -0.2) is 0 Å². The SMILES string of the molecule is CC(=O)CCNC(C)c1ccccc1.CC(N)c1ccccc1. The lowest BCUT2D eigenvalue weighted by Crippen LogP contribution is -2.21. The average Bonchev–Trinajstić information content (AvgIpc) is 2.56. The number of rotatable bonds is 6. The minimum absolute atomic E-state index is 0.159. The zero-order valence-electron chi connectivity index (χ0n) is 14.3. The highest BCUT2D eigenvalue weighted by Gasteiger charge is 2.03. The van der Waals surface area contributed by atoms with Crippen molar-refractivity contribution in [3.05, 3.63) is 71.8 Å². The summed E-state index contributed by atoms with van der Waals surface area (Å²) in [4.78, 5) is 10.7. The van der Waals surface area contributed by atoms with Crippen molar-refractivity contribution in [3.63, 3.8) is 0 Å². The standard InChI is InChI=1S/C12H17NO.C8H11N/c1-10(14)8-9-13-11(2)12-6-4-3-5-7-12;1-7(9)8-5-3-2-4-6-8/h3-7,11,13H,8-9H2,1-2H3;2-7H,9H2,1H3. The summed E-state index contributed by atoms with van der Waals surface area (Å²) in [6, 6.07) is 20.8. The van der Waals surface area contributed by atoms with Crippen molar-refractivity contribution in [2.24, 2.45) is 5.73 Å². The van der Waals surface area contributed by atoms with Crippen LogP contribution in [-0.4, -0.2) is 12.3 Å². The molecule has 0 amide bonds. The summed E-state index contributed by atoms with van der Waals surface area (Å²) in [5, 5.41) is 3.31. The van der Waals surface area contributed by atoms with E-state index in [1.807, 2.05) is 55.5 Å². The van der Waals surface area contributed by atoms with E-state index >= 15 is 0 Å². The number of nitrogens with two attached hydrogens (primary N) is 1. The molecule has 0 saturated carbocycles. The van der Waals surface area contributed by atoms with Crippen LogP contribution in [0.3, 0.4) is 0 Å². The van der Waals surface area contributed by atoms with Gasteiger partial charge in [0.1, 0.15) is 5.78 Å². The molecule has 0 spiro atoms. The Labute approximate surface area is 139 Å². The van der Waals surface area contributed by atoms with E-state index in [4.69, 9.17) is 5.73 Å². The van der Waals surface area contributed by atoms with Gasteiger partial charge in [0.15, 0.2) is 0 Å². The van der Waals surface area contributed by atoms with E-state index in [9.17, 15) is 4.79 Å². The van der Waals surface area contributed by atoms with E-state index in [1.165, 1.54) is 11.1 Å². The van der Waals surface area contributed by atoms with Crippen molar-refractivity contribution in [2.75, 3.05) is 6.54 Å². The van der Waals surface area contributed by atoms with Gasteiger partial charge in [-0.3, -0.25) is 4.79 Å². The zero-order valence-corrected chi connectivity index (χ0v) is 14.3. The number of carbonyl (C=O) groups is 1. The molecule has 0 aliphatic rings. The highest BCUT2D eigenvalue weighted by atomic mass is 16.1. The second kappa shape index (κ2) is 10.7. The lowest BCUT2D eigenvalue weighted by molar-refractivity contribution is -0.116. The van der Waals surface area contributed by atoms with E-state index in [-0.39, 0.29) is 11.8 Å². The molecular weight excluding hydrogens is 284 g/mol. The van der Waals surface area contributed by atoms with Crippen molar-refractivity contribution in [1.29, 1.82) is 0 Å². The third-order valence-electron chi connectivity index (χ3n) is 3.55. The van der Waals surface area contributed by atoms with Gasteiger partial charge >= 0.3 is 0 Å². The maximum atomic E-state index is 10.7. The van der Waals surface area contributed by atoms with E-state index in [1.54, 1.807) is 6.92 Å². The first-order valence-corrected chi connectivity index (χ1v) is 8.09. The fourth-order valence-electron chi connectivity index (χ4n) is 2.08. The number of hydrogen-bond donors (Lipinski definition) is 2. The van der Waals surface area contributed by atoms with Crippen molar-refractivity contribution >= 4 is 5.78 Å². The Hall–Kier alpha value is -1.97. The van der Waals surface area contributed by atoms with Gasteiger partial charge in [0.2, 0.25) is 0 Å². The van der Waals surface area contributed by atoms with Gasteiger partial charge in [-0.15, -0.1) is 0 Å². The summed E-state index contributed by atoms with van der Waals surface area (Å²) >= 11 is 0. The Morgan fingerprint density at radius 2 is 1.43 bits per heavy atom. The van der Waals surface area contributed by atoms with Gasteiger partial charge in [-0.2, -0.15) is 0 Å². The van der Waals surface area contributed by atoms with Gasteiger partial charge in [-0.1, -0.05) is 60.7 Å². The first-order chi connectivity index (χ1) is 11.0. The van der Waals surface area contributed by atoms with Crippen LogP contribution >= 0.6 is 0 Å². The lowest BCUT2D eigenvalue weighted by atomic mass is 10.1. The van der Waals surface area contributed by atoms with Crippen LogP contribution < -0.4 is 11.1 Å². The molecule has 2 atom stereocenters. The largest absolute Gasteiger partial charge is 0.324 e. The zero-order chi connectivity index (χ0) is 17.1. The molecule has 2 unspecified atom stereocenters. The van der Waals surface area contributed by atoms with E-state index in [2.05, 4.69) is 24.4 Å². The second-order valence-corrected chi connectivity index (χ2v) is 5.74. The molecular formula is C20H28N2O. The summed E-state index contributed by atoms with van der Waals surface area (Å²) in [5.74, 6) is 0.234. The first-order valence-electron chi connectivity index (χ1n) is 8.09. The van der Waals surface area contributed by atoms with Crippen LogP contribution in [0.1, 0.15) is 50.4 Å². The molecule has 0 aromatic heterocycles. The Morgan fingerprint density at radius 1 is 0.957 bits per heavy atom. The van der Waals surface area contributed by atoms with Crippen LogP contribution in [0.4, 0.5) is 0 Å². The molecule has 2 aromatic carbocycles. The minimum Gasteiger partial charge on any atom is -0.324 e. The highest BCUT2D eigenvalue weighted by molar-refractivity contribution is 5.75. The summed E-state index contributed by atoms with van der Waals surface area (Å²) in [6.07, 6.45) is 0.608. The summed E-state index contributed by atoms with van der Waals surface area (Å²) in [7, 11) is 0. The quantitative estimate of drug-likeness (QED) is 0.847. The molecule has 0 saturated heterocycles. The molecule has 3 N–H and O–H groups in total. The number of carbonyl (C=O) groups excluding carboxylic acids is 1. The number of benzene rings is 2. The molecule has 23 heavy (non-hydrogen) atoms. The maximum Gasteiger partial charge on any atom is 0.131 e. The van der Waals surface area contributed by atoms with Crippen molar-refractivity contribution in [3.8, 4) is 0 Å². The fraction of sp³-hybridized carbons (Fsp3) is 0.350. The van der Waals surface area contributed by atoms with Crippen LogP contribution in [0.2, 0.25) is 0 Å². The van der Waals surface area contributed by atoms with Crippen LogP contribution in [0.25, 0.3) is 0 Å². The van der Waals surface area contributed by atoms with E-state index in [0.29, 0.717) is 12.5 Å². The molecule has 0 aliphatic carbocycles. The van der Waals surface area contributed by atoms with E-state index < -0.39 is 0 Å². The van der Waals surface area contributed by atoms with Crippen LogP contribution in [-0.2, 0) is 4.79 Å². The maximum absolute atomic E-state index is 10.7. The lowest BCUT2D eigenvalue weighted by Gasteiger charge is -2.13. The Morgan fingerprint density at radius 3 is 1.83 bits per heavy atom. The molecule has 3 heteroatoms. The smallest absolute Gasteiger partial charge is 0.131 e. The third-order valence-corrected chi connectivity index (χ3v) is 3.55. The molecule has 3 nitrogen and oxygen atoms in total. The Kier molecular flexibility index (Phi) is 8.88. The molecule has 0 fully saturated rings. The Bertz CT molecular complexity index is 552. The molecule has 124 valence electrons. The van der Waals surface area contributed by atoms with Gasteiger partial charge in [0.25, 0.3) is 0 Å². The average molecular weight is 312 g/mol. The third kappa shape index (κ3) is 8.29. The first kappa shape index (κ1) is 19.1. The van der Waals surface area contributed by atoms with Gasteiger partial charge in [-0.05, 0) is 31.9 Å². The van der Waals surface area contributed by atoms with Crippen LogP contribution in [0.15, 0.2) is 60.7 Å². The van der Waals surface area contributed by atoms with Crippen molar-refractivity contribution in [1.82, 2.24) is 5.32 Å². The molecule has 2 aromatic rings. The predicted octanol–water partition coefficient (Wildman–Crippen LogP) is 4.02. The summed E-state index contributed by atoms with van der Waals surface area (Å²) < 4.78 is 0. The van der Waals surface area contributed by atoms with Gasteiger partial charge in [0.05, 0.1) is 0 Å². The fourth-order valence-corrected chi connectivity index (χ4v) is 2.08. The van der Waals surface area contributed by atoms with Gasteiger partial charge in [0, 0.05) is 25.0 Å². The Balaban J connectivity index is 0.000000253. The molecule has 0 bridgehead atoms. The number of Topliss-reactive ketones (excluding diaryl/α,β-unsaturated/α-hetero) is 1. The van der Waals surface area contributed by atoms with Crippen molar-refractivity contribution in [2.45, 2.75) is 39.3 Å². The van der Waals surface area contributed by atoms with Crippen molar-refractivity contribution < 1.29 is 4.79 Å². The molecule has 0 heterocycles. The monoisotopic (exact) mass is 312 g/mol. The molecule has 2 rings (SSSR count). The molecule has 0 radical (unpaired) electrons. The number of nitrogens with one attached hydrogen (secondary N) is 1. The van der Waals surface area contributed by atoms with Crippen LogP contribution in [0, 0.1) is 0 Å². The summed E-state index contributed by atoms with van der Waals surface area (Å²) in [6.45, 7) is 6.46. The van der Waals surface area contributed by atoms with Gasteiger partial charge < -0.3 is 11.1 Å². The number of hydrogen-bond acceptors (Lipinski definition) is 3. The van der Waals surface area contributed by atoms with Crippen LogP contribution in [0.5, 0.6) is 0 Å². The van der Waals surface area contributed by atoms with E-state index in [0.717, 1.165) is 6.54 Å². The minimum atomic E-state index is 0.159. The molecule has 0 aliphatic heterocycles. The summed E-state index contributed by atoms with van der Waals surface area (Å²) in [5.41, 5.74) is 8.07. The highest BCUT2D eigenvalue weighted by Crippen LogP contribution is 2.10.